The molecule has 0 aliphatic carbocycles. The van der Waals surface area contributed by atoms with Crippen LogP contribution >= 0.6 is 11.8 Å². The van der Waals surface area contributed by atoms with Crippen LogP contribution in [-0.2, 0) is 11.3 Å². The third-order valence-electron chi connectivity index (χ3n) is 5.33. The molecule has 2 amide bonds. The van der Waals surface area contributed by atoms with Gasteiger partial charge >= 0.3 is 0 Å². The number of nitrogens with zero attached hydrogens (tertiary/aromatic N) is 4. The van der Waals surface area contributed by atoms with E-state index in [0.717, 1.165) is 17.8 Å². The highest BCUT2D eigenvalue weighted by Crippen LogP contribution is 2.29. The quantitative estimate of drug-likeness (QED) is 0.443. The second-order valence-electron chi connectivity index (χ2n) is 7.99. The van der Waals surface area contributed by atoms with Crippen molar-refractivity contribution in [2.75, 3.05) is 19.4 Å². The molecule has 2 aromatic carbocycles. The summed E-state index contributed by atoms with van der Waals surface area (Å²) in [6.45, 7) is 4.58. The number of nitrogens with two attached hydrogens (primary N) is 1. The molecule has 2 atom stereocenters. The van der Waals surface area contributed by atoms with Crippen molar-refractivity contribution in [3.05, 3.63) is 71.5 Å². The normalized spacial score (nSPS) is 13.0. The Bertz CT molecular complexity index is 1080. The van der Waals surface area contributed by atoms with Crippen LogP contribution in [0.3, 0.4) is 0 Å². The Labute approximate surface area is 198 Å². The topological polar surface area (TPSA) is 106 Å². The first kappa shape index (κ1) is 24.5. The Kier molecular flexibility index (Phi) is 8.24. The van der Waals surface area contributed by atoms with Gasteiger partial charge in [-0.3, -0.25) is 14.5 Å². The molecule has 0 unspecified atom stereocenters. The number of anilines is 1. The van der Waals surface area contributed by atoms with E-state index in [2.05, 4.69) is 44.0 Å². The van der Waals surface area contributed by atoms with Crippen LogP contribution < -0.4 is 11.1 Å². The molecular formula is C24H30N6O2S. The molecule has 3 N–H and O–H groups in total. The van der Waals surface area contributed by atoms with Crippen LogP contribution in [0.15, 0.2) is 59.8 Å². The molecule has 0 saturated heterocycles. The molecule has 8 nitrogen and oxygen atoms in total. The van der Waals surface area contributed by atoms with Gasteiger partial charge in [-0.05, 0) is 57.3 Å². The second-order valence-corrected chi connectivity index (χ2v) is 9.30. The number of primary amides is 1. The van der Waals surface area contributed by atoms with E-state index in [1.807, 2.05) is 39.2 Å². The lowest BCUT2D eigenvalue weighted by Gasteiger charge is -2.23. The van der Waals surface area contributed by atoms with Crippen molar-refractivity contribution in [3.63, 3.8) is 0 Å². The number of hydrogen-bond acceptors (Lipinski definition) is 6. The Morgan fingerprint density at radius 1 is 1.09 bits per heavy atom. The number of amides is 2. The Balaban J connectivity index is 1.80. The highest BCUT2D eigenvalue weighted by Gasteiger charge is 2.25. The van der Waals surface area contributed by atoms with Crippen LogP contribution in [0.1, 0.15) is 48.1 Å². The van der Waals surface area contributed by atoms with Gasteiger partial charge in [0.1, 0.15) is 0 Å². The molecule has 0 aliphatic rings. The number of benzene rings is 2. The van der Waals surface area contributed by atoms with Gasteiger partial charge < -0.3 is 15.6 Å². The van der Waals surface area contributed by atoms with Gasteiger partial charge in [0, 0.05) is 11.3 Å². The lowest BCUT2D eigenvalue weighted by molar-refractivity contribution is -0.115. The first-order valence-electron chi connectivity index (χ1n) is 10.8. The Hall–Kier alpha value is -3.17. The molecule has 3 rings (SSSR count). The summed E-state index contributed by atoms with van der Waals surface area (Å²) in [7, 11) is 4.06. The molecule has 0 radical (unpaired) electrons. The van der Waals surface area contributed by atoms with Crippen molar-refractivity contribution < 1.29 is 9.59 Å². The highest BCUT2D eigenvalue weighted by molar-refractivity contribution is 8.00. The zero-order valence-corrected chi connectivity index (χ0v) is 20.2. The van der Waals surface area contributed by atoms with E-state index in [0.29, 0.717) is 23.0 Å². The van der Waals surface area contributed by atoms with Crippen molar-refractivity contribution in [3.8, 4) is 0 Å². The van der Waals surface area contributed by atoms with Gasteiger partial charge in [0.25, 0.3) is 0 Å². The standard InChI is InChI=1S/C24H30N6O2S/c1-5-20(29(3)4)22-27-28-24(30(22)15-17-9-7-6-8-10-17)33-16(2)23(32)26-19-13-11-18(12-14-19)21(25)31/h6-14,16,20H,5,15H2,1-4H3,(H2,25,31)(H,26,32)/t16-,20-/m1/s1. The Morgan fingerprint density at radius 2 is 1.76 bits per heavy atom. The monoisotopic (exact) mass is 466 g/mol. The van der Waals surface area contributed by atoms with Crippen LogP contribution in [-0.4, -0.2) is 50.8 Å². The van der Waals surface area contributed by atoms with E-state index in [-0.39, 0.29) is 11.9 Å². The summed E-state index contributed by atoms with van der Waals surface area (Å²) in [5, 5.41) is 12.1. The smallest absolute Gasteiger partial charge is 0.248 e. The van der Waals surface area contributed by atoms with E-state index < -0.39 is 11.2 Å². The van der Waals surface area contributed by atoms with Gasteiger partial charge in [-0.15, -0.1) is 10.2 Å². The molecular weight excluding hydrogens is 436 g/mol. The van der Waals surface area contributed by atoms with E-state index >= 15 is 0 Å². The number of thioether (sulfide) groups is 1. The molecule has 1 aromatic heterocycles. The first-order chi connectivity index (χ1) is 15.8. The van der Waals surface area contributed by atoms with Crippen LogP contribution in [0.25, 0.3) is 0 Å². The van der Waals surface area contributed by atoms with Crippen molar-refractivity contribution in [2.45, 2.75) is 43.3 Å². The number of aromatic nitrogens is 3. The molecule has 33 heavy (non-hydrogen) atoms. The van der Waals surface area contributed by atoms with Crippen LogP contribution in [0.4, 0.5) is 5.69 Å². The highest BCUT2D eigenvalue weighted by atomic mass is 32.2. The summed E-state index contributed by atoms with van der Waals surface area (Å²) in [4.78, 5) is 26.2. The third-order valence-corrected chi connectivity index (χ3v) is 6.41. The van der Waals surface area contributed by atoms with Gasteiger partial charge in [0.15, 0.2) is 11.0 Å². The predicted octanol–water partition coefficient (Wildman–Crippen LogP) is 3.56. The largest absolute Gasteiger partial charge is 0.366 e. The van der Waals surface area contributed by atoms with Gasteiger partial charge in [-0.2, -0.15) is 0 Å². The number of carbonyl (C=O) groups is 2. The van der Waals surface area contributed by atoms with E-state index in [1.54, 1.807) is 24.3 Å². The maximum atomic E-state index is 12.8. The Morgan fingerprint density at radius 3 is 2.33 bits per heavy atom. The van der Waals surface area contributed by atoms with Gasteiger partial charge in [0.05, 0.1) is 17.8 Å². The fourth-order valence-corrected chi connectivity index (χ4v) is 4.36. The maximum Gasteiger partial charge on any atom is 0.248 e. The number of nitrogens with one attached hydrogen (secondary N) is 1. The van der Waals surface area contributed by atoms with E-state index in [1.165, 1.54) is 11.8 Å². The summed E-state index contributed by atoms with van der Waals surface area (Å²) in [5.74, 6) is 0.208. The maximum absolute atomic E-state index is 12.8. The third kappa shape index (κ3) is 6.21. The zero-order chi connectivity index (χ0) is 24.0. The first-order valence-corrected chi connectivity index (χ1v) is 11.7. The minimum absolute atomic E-state index is 0.114. The number of hydrogen-bond donors (Lipinski definition) is 2. The predicted molar refractivity (Wildman–Crippen MR) is 131 cm³/mol. The summed E-state index contributed by atoms with van der Waals surface area (Å²) in [6.07, 6.45) is 0.891. The average molecular weight is 467 g/mol. The average Bonchev–Trinajstić information content (AvgIpc) is 3.16. The lowest BCUT2D eigenvalue weighted by atomic mass is 10.2. The van der Waals surface area contributed by atoms with Gasteiger partial charge in [-0.25, -0.2) is 0 Å². The molecule has 0 fully saturated rings. The summed E-state index contributed by atoms with van der Waals surface area (Å²) >= 11 is 1.37. The van der Waals surface area contributed by atoms with Crippen molar-refractivity contribution in [1.29, 1.82) is 0 Å². The molecule has 0 saturated carbocycles. The summed E-state index contributed by atoms with van der Waals surface area (Å²) in [6, 6.07) is 16.8. The molecule has 174 valence electrons. The van der Waals surface area contributed by atoms with Crippen LogP contribution in [0.5, 0.6) is 0 Å². The fraction of sp³-hybridized carbons (Fsp3) is 0.333. The van der Waals surface area contributed by atoms with Crippen LogP contribution in [0.2, 0.25) is 0 Å². The van der Waals surface area contributed by atoms with E-state index in [9.17, 15) is 9.59 Å². The van der Waals surface area contributed by atoms with E-state index in [4.69, 9.17) is 5.73 Å². The molecule has 0 bridgehead atoms. The minimum Gasteiger partial charge on any atom is -0.366 e. The molecule has 1 heterocycles. The van der Waals surface area contributed by atoms with Crippen molar-refractivity contribution in [1.82, 2.24) is 19.7 Å². The van der Waals surface area contributed by atoms with Crippen molar-refractivity contribution >= 4 is 29.3 Å². The lowest BCUT2D eigenvalue weighted by Crippen LogP contribution is -2.25. The minimum atomic E-state index is -0.506. The molecule has 3 aromatic rings. The van der Waals surface area contributed by atoms with Gasteiger partial charge in [-0.1, -0.05) is 49.0 Å². The number of carbonyl (C=O) groups excluding carboxylic acids is 2. The van der Waals surface area contributed by atoms with Crippen molar-refractivity contribution in [2.24, 2.45) is 5.73 Å². The fourth-order valence-electron chi connectivity index (χ4n) is 3.50. The van der Waals surface area contributed by atoms with Crippen LogP contribution in [0, 0.1) is 0 Å². The number of rotatable bonds is 10. The zero-order valence-electron chi connectivity index (χ0n) is 19.4. The SMILES string of the molecule is CC[C@H](c1nnc(S[C@H](C)C(=O)Nc2ccc(C(N)=O)cc2)n1Cc1ccccc1)N(C)C. The summed E-state index contributed by atoms with van der Waals surface area (Å²) in [5.41, 5.74) is 7.40. The molecule has 9 heteroatoms. The van der Waals surface area contributed by atoms with Gasteiger partial charge in [0.2, 0.25) is 11.8 Å². The molecule has 0 aliphatic heterocycles. The summed E-state index contributed by atoms with van der Waals surface area (Å²) < 4.78 is 2.10. The molecule has 0 spiro atoms. The second kappa shape index (κ2) is 11.1.